The van der Waals surface area contributed by atoms with E-state index in [9.17, 15) is 0 Å². The van der Waals surface area contributed by atoms with Gasteiger partial charge >= 0.3 is 0 Å². The van der Waals surface area contributed by atoms with Crippen LogP contribution in [0.3, 0.4) is 0 Å². The quantitative estimate of drug-likeness (QED) is 0.880. The van der Waals surface area contributed by atoms with Crippen LogP contribution in [0, 0.1) is 0 Å². The van der Waals surface area contributed by atoms with Gasteiger partial charge in [0.1, 0.15) is 0 Å². The summed E-state index contributed by atoms with van der Waals surface area (Å²) in [6.45, 7) is 7.99. The van der Waals surface area contributed by atoms with Gasteiger partial charge in [-0.15, -0.1) is 11.8 Å². The van der Waals surface area contributed by atoms with Crippen molar-refractivity contribution >= 4 is 27.7 Å². The first-order valence-electron chi connectivity index (χ1n) is 6.21. The highest BCUT2D eigenvalue weighted by Crippen LogP contribution is 2.47. The molecule has 1 N–H and O–H groups in total. The average Bonchev–Trinajstić information content (AvgIpc) is 2.27. The van der Waals surface area contributed by atoms with E-state index in [0.717, 1.165) is 12.3 Å². The van der Waals surface area contributed by atoms with Gasteiger partial charge in [-0.05, 0) is 44.0 Å². The van der Waals surface area contributed by atoms with Gasteiger partial charge in [-0.1, -0.05) is 35.0 Å². The van der Waals surface area contributed by atoms with Gasteiger partial charge in [0.2, 0.25) is 0 Å². The van der Waals surface area contributed by atoms with Gasteiger partial charge in [-0.25, -0.2) is 0 Å². The lowest BCUT2D eigenvalue weighted by atomic mass is 9.91. The number of thioether (sulfide) groups is 1. The molecule has 1 atom stereocenters. The fraction of sp³-hybridized carbons (Fsp3) is 0.571. The first-order valence-corrected chi connectivity index (χ1v) is 7.98. The van der Waals surface area contributed by atoms with Gasteiger partial charge in [0.25, 0.3) is 0 Å². The lowest BCUT2D eigenvalue weighted by Gasteiger charge is -2.40. The van der Waals surface area contributed by atoms with Crippen LogP contribution in [0.1, 0.15) is 44.4 Å². The van der Waals surface area contributed by atoms with Gasteiger partial charge in [0.15, 0.2) is 0 Å². The maximum Gasteiger partial charge on any atom is 0.0467 e. The van der Waals surface area contributed by atoms with E-state index >= 15 is 0 Å². The maximum absolute atomic E-state index is 3.70. The largest absolute Gasteiger partial charge is 0.309 e. The normalized spacial score (nSPS) is 22.2. The van der Waals surface area contributed by atoms with E-state index in [4.69, 9.17) is 0 Å². The number of halogens is 1. The van der Waals surface area contributed by atoms with Crippen molar-refractivity contribution < 1.29 is 0 Å². The lowest BCUT2D eigenvalue weighted by Crippen LogP contribution is -2.40. The number of hydrogen-bond donors (Lipinski definition) is 1. The van der Waals surface area contributed by atoms with Crippen molar-refractivity contribution in [2.45, 2.75) is 43.7 Å². The molecule has 2 rings (SSSR count). The molecular formula is C14H20BrNS. The molecule has 0 radical (unpaired) electrons. The fourth-order valence-electron chi connectivity index (χ4n) is 2.36. The Morgan fingerprint density at radius 1 is 1.47 bits per heavy atom. The van der Waals surface area contributed by atoms with Crippen molar-refractivity contribution in [1.29, 1.82) is 0 Å². The molecule has 94 valence electrons. The van der Waals surface area contributed by atoms with Crippen molar-refractivity contribution in [2.24, 2.45) is 0 Å². The van der Waals surface area contributed by atoms with E-state index in [1.807, 2.05) is 11.8 Å². The van der Waals surface area contributed by atoms with Crippen LogP contribution in [-0.4, -0.2) is 11.3 Å². The van der Waals surface area contributed by atoms with Crippen LogP contribution in [0.25, 0.3) is 0 Å². The first kappa shape index (κ1) is 13.4. The fourth-order valence-corrected chi connectivity index (χ4v) is 4.28. The molecular weight excluding hydrogens is 294 g/mol. The molecule has 1 aliphatic rings. The molecule has 1 aliphatic heterocycles. The molecule has 1 unspecified atom stereocenters. The Morgan fingerprint density at radius 3 is 2.94 bits per heavy atom. The summed E-state index contributed by atoms with van der Waals surface area (Å²) in [6.07, 6.45) is 1.18. The Morgan fingerprint density at radius 2 is 2.24 bits per heavy atom. The lowest BCUT2D eigenvalue weighted by molar-refractivity contribution is 0.439. The highest BCUT2D eigenvalue weighted by molar-refractivity contribution is 9.10. The minimum atomic E-state index is 0.267. The standard InChI is InChI=1S/C14H20BrNS/c1-4-8-16-13-10-6-5-7-12(15)11(10)9-17-14(13,2)3/h5-7,13,16H,4,8-9H2,1-3H3. The highest BCUT2D eigenvalue weighted by Gasteiger charge is 2.36. The third kappa shape index (κ3) is 2.72. The Hall–Kier alpha value is 0.01000. The van der Waals surface area contributed by atoms with Gasteiger partial charge in [0.05, 0.1) is 0 Å². The Kier molecular flexibility index (Phi) is 4.22. The molecule has 1 aromatic rings. The summed E-state index contributed by atoms with van der Waals surface area (Å²) in [7, 11) is 0. The molecule has 0 spiro atoms. The highest BCUT2D eigenvalue weighted by atomic mass is 79.9. The molecule has 0 aliphatic carbocycles. The third-order valence-electron chi connectivity index (χ3n) is 3.35. The summed E-state index contributed by atoms with van der Waals surface area (Å²) < 4.78 is 1.52. The predicted molar refractivity (Wildman–Crippen MR) is 80.6 cm³/mol. The molecule has 0 saturated heterocycles. The third-order valence-corrected chi connectivity index (χ3v) is 5.50. The maximum atomic E-state index is 3.70. The molecule has 3 heteroatoms. The number of benzene rings is 1. The van der Waals surface area contributed by atoms with Crippen LogP contribution in [0.5, 0.6) is 0 Å². The van der Waals surface area contributed by atoms with Crippen LogP contribution in [0.2, 0.25) is 0 Å². The minimum absolute atomic E-state index is 0.267. The summed E-state index contributed by atoms with van der Waals surface area (Å²) in [4.78, 5) is 0. The Bertz CT molecular complexity index is 403. The molecule has 0 fully saturated rings. The van der Waals surface area contributed by atoms with Crippen LogP contribution in [-0.2, 0) is 5.75 Å². The van der Waals surface area contributed by atoms with Crippen LogP contribution < -0.4 is 5.32 Å². The zero-order valence-electron chi connectivity index (χ0n) is 10.7. The summed E-state index contributed by atoms with van der Waals surface area (Å²) in [5, 5.41) is 3.70. The second-order valence-corrected chi connectivity index (χ2v) is 7.57. The van der Waals surface area contributed by atoms with Crippen molar-refractivity contribution in [3.8, 4) is 0 Å². The SMILES string of the molecule is CCCNC1c2cccc(Br)c2CSC1(C)C. The Balaban J connectivity index is 2.37. The second kappa shape index (κ2) is 5.33. The summed E-state index contributed by atoms with van der Waals surface area (Å²) in [5.74, 6) is 1.11. The van der Waals surface area contributed by atoms with E-state index in [0.29, 0.717) is 6.04 Å². The number of rotatable bonds is 3. The molecule has 0 saturated carbocycles. The Labute approximate surface area is 117 Å². The van der Waals surface area contributed by atoms with Crippen molar-refractivity contribution in [3.05, 3.63) is 33.8 Å². The van der Waals surface area contributed by atoms with Crippen molar-refractivity contribution in [2.75, 3.05) is 6.54 Å². The number of fused-ring (bicyclic) bond motifs is 1. The zero-order valence-corrected chi connectivity index (χ0v) is 13.1. The smallest absolute Gasteiger partial charge is 0.0467 e. The summed E-state index contributed by atoms with van der Waals surface area (Å²) in [5.41, 5.74) is 2.93. The van der Waals surface area contributed by atoms with Crippen molar-refractivity contribution in [1.82, 2.24) is 5.32 Å². The van der Waals surface area contributed by atoms with Gasteiger partial charge in [-0.3, -0.25) is 0 Å². The topological polar surface area (TPSA) is 12.0 Å². The van der Waals surface area contributed by atoms with E-state index in [1.54, 1.807) is 0 Å². The van der Waals surface area contributed by atoms with Crippen molar-refractivity contribution in [3.63, 3.8) is 0 Å². The molecule has 1 heterocycles. The molecule has 0 bridgehead atoms. The predicted octanol–water partition coefficient (Wildman–Crippen LogP) is 4.52. The minimum Gasteiger partial charge on any atom is -0.309 e. The first-order chi connectivity index (χ1) is 8.06. The van der Waals surface area contributed by atoms with Crippen LogP contribution >= 0.6 is 27.7 Å². The molecule has 17 heavy (non-hydrogen) atoms. The monoisotopic (exact) mass is 313 g/mol. The number of nitrogens with one attached hydrogen (secondary N) is 1. The van der Waals surface area contributed by atoms with Gasteiger partial charge in [0, 0.05) is 21.0 Å². The zero-order chi connectivity index (χ0) is 12.5. The van der Waals surface area contributed by atoms with Crippen LogP contribution in [0.4, 0.5) is 0 Å². The van der Waals surface area contributed by atoms with Gasteiger partial charge in [-0.2, -0.15) is 0 Å². The van der Waals surface area contributed by atoms with E-state index in [2.05, 4.69) is 60.2 Å². The second-order valence-electron chi connectivity index (χ2n) is 5.09. The van der Waals surface area contributed by atoms with E-state index in [1.165, 1.54) is 22.0 Å². The van der Waals surface area contributed by atoms with E-state index < -0.39 is 0 Å². The molecule has 1 nitrogen and oxygen atoms in total. The summed E-state index contributed by atoms with van der Waals surface area (Å²) >= 11 is 5.72. The average molecular weight is 314 g/mol. The van der Waals surface area contributed by atoms with E-state index in [-0.39, 0.29) is 4.75 Å². The molecule has 0 aromatic heterocycles. The van der Waals surface area contributed by atoms with Gasteiger partial charge < -0.3 is 5.32 Å². The van der Waals surface area contributed by atoms with Crippen LogP contribution in [0.15, 0.2) is 22.7 Å². The molecule has 0 amide bonds. The summed E-state index contributed by atoms with van der Waals surface area (Å²) in [6, 6.07) is 7.02. The molecule has 1 aromatic carbocycles. The number of hydrogen-bond acceptors (Lipinski definition) is 2.